The number of carbonyl (C=O) groups is 1. The van der Waals surface area contributed by atoms with Gasteiger partial charge in [-0.3, -0.25) is 0 Å². The Kier molecular flexibility index (Phi) is 17.1. The molecule has 0 amide bonds. The standard InChI is InChI=1S/C11H26S2Si.C2HF3O2.CH2Cl2/c1-8(2)14(9(3)4,10(5)6)7-11(12)13;3-2(4,5)1(6)7;2-1-3/h8-13H,7H2,1-6H3;(H,6,7);1H2. The molecule has 0 aromatic rings. The first kappa shape index (κ1) is 29.5. The van der Waals surface area contributed by atoms with Gasteiger partial charge in [-0.1, -0.05) is 58.2 Å². The highest BCUT2D eigenvalue weighted by atomic mass is 35.5. The first-order valence-corrected chi connectivity index (χ1v) is 11.9. The molecule has 0 unspecified atom stereocenters. The molecule has 2 nitrogen and oxygen atoms in total. The van der Waals surface area contributed by atoms with E-state index in [1.165, 1.54) is 6.04 Å². The Morgan fingerprint density at radius 3 is 1.25 bits per heavy atom. The summed E-state index contributed by atoms with van der Waals surface area (Å²) in [7, 11) is -1.24. The Morgan fingerprint density at radius 2 is 1.21 bits per heavy atom. The fraction of sp³-hybridized carbons (Fsp3) is 0.929. The third-order valence-corrected chi connectivity index (χ3v) is 12.6. The molecule has 0 aliphatic rings. The van der Waals surface area contributed by atoms with Crippen LogP contribution in [0.1, 0.15) is 41.5 Å². The fourth-order valence-electron chi connectivity index (χ4n) is 3.02. The third kappa shape index (κ3) is 12.2. The average molecular weight is 450 g/mol. The van der Waals surface area contributed by atoms with Crippen molar-refractivity contribution in [2.75, 3.05) is 5.34 Å². The highest BCUT2D eigenvalue weighted by molar-refractivity contribution is 7.99. The molecule has 0 spiro atoms. The number of aliphatic carboxylic acids is 1. The van der Waals surface area contributed by atoms with Crippen molar-refractivity contribution in [2.24, 2.45) is 0 Å². The highest BCUT2D eigenvalue weighted by Gasteiger charge is 2.42. The maximum atomic E-state index is 10.6. The molecule has 24 heavy (non-hydrogen) atoms. The van der Waals surface area contributed by atoms with Gasteiger partial charge in [0, 0.05) is 4.58 Å². The number of halogens is 5. The van der Waals surface area contributed by atoms with E-state index in [0.29, 0.717) is 0 Å². The Balaban J connectivity index is -0.000000367. The van der Waals surface area contributed by atoms with Gasteiger partial charge in [-0.25, -0.2) is 4.79 Å². The minimum atomic E-state index is -5.08. The van der Waals surface area contributed by atoms with Gasteiger partial charge in [0.15, 0.2) is 0 Å². The molecule has 0 atom stereocenters. The molecule has 148 valence electrons. The van der Waals surface area contributed by atoms with E-state index >= 15 is 0 Å². The summed E-state index contributed by atoms with van der Waals surface area (Å²) < 4.78 is 32.0. The van der Waals surface area contributed by atoms with Gasteiger partial charge in [0.1, 0.15) is 0 Å². The number of hydrogen-bond donors (Lipinski definition) is 3. The topological polar surface area (TPSA) is 37.3 Å². The van der Waals surface area contributed by atoms with Crippen LogP contribution in [0.5, 0.6) is 0 Å². The Hall–Kier alpha value is 0.757. The number of carboxylic acid groups (broad SMARTS) is 1. The van der Waals surface area contributed by atoms with Crippen LogP contribution in [0.15, 0.2) is 0 Å². The molecular weight excluding hydrogens is 420 g/mol. The summed E-state index contributed by atoms with van der Waals surface area (Å²) in [6.45, 7) is 14.3. The van der Waals surface area contributed by atoms with Gasteiger partial charge in [-0.15, -0.1) is 23.2 Å². The molecule has 1 N–H and O–H groups in total. The molecule has 0 heterocycles. The monoisotopic (exact) mass is 448 g/mol. The van der Waals surface area contributed by atoms with E-state index in [9.17, 15) is 13.2 Å². The lowest BCUT2D eigenvalue weighted by molar-refractivity contribution is -0.192. The van der Waals surface area contributed by atoms with Crippen LogP contribution in [0.2, 0.25) is 22.7 Å². The molecule has 0 aliphatic heterocycles. The van der Waals surface area contributed by atoms with Gasteiger partial charge in [0.2, 0.25) is 0 Å². The minimum Gasteiger partial charge on any atom is -0.475 e. The average Bonchev–Trinajstić information content (AvgIpc) is 2.34. The predicted octanol–water partition coefficient (Wildman–Crippen LogP) is 6.91. The summed E-state index contributed by atoms with van der Waals surface area (Å²) in [5, 5.41) is 7.32. The van der Waals surface area contributed by atoms with Gasteiger partial charge in [0.05, 0.1) is 13.4 Å². The van der Waals surface area contributed by atoms with Crippen molar-refractivity contribution in [2.45, 2.75) is 75.0 Å². The van der Waals surface area contributed by atoms with E-state index < -0.39 is 20.2 Å². The quantitative estimate of drug-likeness (QED) is 0.185. The van der Waals surface area contributed by atoms with Crippen molar-refractivity contribution in [1.29, 1.82) is 0 Å². The second-order valence-electron chi connectivity index (χ2n) is 6.17. The van der Waals surface area contributed by atoms with Crippen molar-refractivity contribution in [3.8, 4) is 0 Å². The largest absolute Gasteiger partial charge is 0.490 e. The molecule has 0 saturated carbocycles. The Labute approximate surface area is 165 Å². The second kappa shape index (κ2) is 13.9. The summed E-state index contributed by atoms with van der Waals surface area (Å²) in [5.74, 6) is -2.76. The zero-order chi connectivity index (χ0) is 20.3. The van der Waals surface area contributed by atoms with E-state index in [2.05, 4.69) is 66.8 Å². The minimum absolute atomic E-state index is 0.194. The molecule has 0 aliphatic carbocycles. The predicted molar refractivity (Wildman–Crippen MR) is 108 cm³/mol. The van der Waals surface area contributed by atoms with E-state index in [0.717, 1.165) is 16.6 Å². The van der Waals surface area contributed by atoms with Gasteiger partial charge in [0.25, 0.3) is 0 Å². The molecule has 10 heteroatoms. The SMILES string of the molecule is CC(C)[Si](CC(S)S)(C(C)C)C(C)C.ClCCl.O=C(O)C(F)(F)F. The maximum Gasteiger partial charge on any atom is 0.490 e. The number of rotatable bonds is 5. The molecule has 0 aromatic heterocycles. The number of thiol groups is 2. The molecule has 0 rings (SSSR count). The zero-order valence-electron chi connectivity index (χ0n) is 14.9. The molecule has 0 radical (unpaired) electrons. The molecular formula is C14H29Cl2F3O2S2Si. The maximum absolute atomic E-state index is 10.6. The Bertz CT molecular complexity index is 321. The molecule has 0 fully saturated rings. The molecule has 0 aromatic carbocycles. The van der Waals surface area contributed by atoms with Crippen LogP contribution in [0.3, 0.4) is 0 Å². The lowest BCUT2D eigenvalue weighted by atomic mass is 10.5. The summed E-state index contributed by atoms with van der Waals surface area (Å²) in [4.78, 5) is 8.90. The normalized spacial score (nSPS) is 12.0. The van der Waals surface area contributed by atoms with E-state index in [1.807, 2.05) is 0 Å². The van der Waals surface area contributed by atoms with Crippen LogP contribution >= 0.6 is 48.5 Å². The number of carboxylic acids is 1. The van der Waals surface area contributed by atoms with Crippen molar-refractivity contribution in [1.82, 2.24) is 0 Å². The van der Waals surface area contributed by atoms with Crippen LogP contribution in [0.25, 0.3) is 0 Å². The number of alkyl halides is 5. The smallest absolute Gasteiger partial charge is 0.475 e. The lowest BCUT2D eigenvalue weighted by Crippen LogP contribution is -2.45. The fourth-order valence-corrected chi connectivity index (χ4v) is 11.0. The van der Waals surface area contributed by atoms with Crippen LogP contribution in [-0.4, -0.2) is 35.2 Å². The summed E-state index contributed by atoms with van der Waals surface area (Å²) in [5.41, 5.74) is 2.47. The van der Waals surface area contributed by atoms with E-state index in [4.69, 9.17) is 33.1 Å². The Morgan fingerprint density at radius 1 is 1.00 bits per heavy atom. The van der Waals surface area contributed by atoms with Crippen molar-refractivity contribution < 1.29 is 23.1 Å². The van der Waals surface area contributed by atoms with Crippen LogP contribution < -0.4 is 0 Å². The van der Waals surface area contributed by atoms with Crippen LogP contribution in [-0.2, 0) is 4.79 Å². The van der Waals surface area contributed by atoms with Gasteiger partial charge in [-0.2, -0.15) is 38.4 Å². The second-order valence-corrected chi connectivity index (χ2v) is 14.7. The van der Waals surface area contributed by atoms with Crippen molar-refractivity contribution >= 4 is 62.5 Å². The van der Waals surface area contributed by atoms with Crippen LogP contribution in [0, 0.1) is 0 Å². The van der Waals surface area contributed by atoms with E-state index in [-0.39, 0.29) is 9.92 Å². The van der Waals surface area contributed by atoms with Gasteiger partial charge < -0.3 is 5.11 Å². The third-order valence-electron chi connectivity index (χ3n) is 4.00. The van der Waals surface area contributed by atoms with Gasteiger partial charge >= 0.3 is 12.1 Å². The summed E-state index contributed by atoms with van der Waals surface area (Å²) >= 11 is 18.5. The first-order chi connectivity index (χ1) is 10.6. The summed E-state index contributed by atoms with van der Waals surface area (Å²) in [6, 6.07) is 1.23. The van der Waals surface area contributed by atoms with Gasteiger partial charge in [-0.05, 0) is 6.04 Å². The van der Waals surface area contributed by atoms with Crippen LogP contribution in [0.4, 0.5) is 13.2 Å². The first-order valence-electron chi connectivity index (χ1n) is 7.39. The summed E-state index contributed by atoms with van der Waals surface area (Å²) in [6.07, 6.45) is -5.08. The lowest BCUT2D eigenvalue weighted by Gasteiger charge is -2.44. The van der Waals surface area contributed by atoms with E-state index in [1.54, 1.807) is 0 Å². The zero-order valence-corrected chi connectivity index (χ0v) is 19.2. The van der Waals surface area contributed by atoms with Crippen molar-refractivity contribution in [3.63, 3.8) is 0 Å². The number of hydrogen-bond acceptors (Lipinski definition) is 3. The molecule has 0 saturated heterocycles. The molecule has 0 bridgehead atoms. The van der Waals surface area contributed by atoms with Crippen molar-refractivity contribution in [3.05, 3.63) is 0 Å². The highest BCUT2D eigenvalue weighted by Crippen LogP contribution is 2.46.